The number of anilines is 3. The number of benzene rings is 1. The van der Waals surface area contributed by atoms with E-state index >= 15 is 0 Å². The van der Waals surface area contributed by atoms with Gasteiger partial charge in [0.1, 0.15) is 6.04 Å². The first kappa shape index (κ1) is 15.0. The highest BCUT2D eigenvalue weighted by Crippen LogP contribution is 2.19. The van der Waals surface area contributed by atoms with Gasteiger partial charge in [0.05, 0.1) is 18.5 Å². The van der Waals surface area contributed by atoms with Crippen LogP contribution in [0.1, 0.15) is 0 Å². The number of carbonyl (C=O) groups is 1. The Morgan fingerprint density at radius 1 is 1.43 bits per heavy atom. The maximum atomic E-state index is 11.8. The first-order chi connectivity index (χ1) is 10.1. The second-order valence-electron chi connectivity index (χ2n) is 4.66. The van der Waals surface area contributed by atoms with E-state index in [9.17, 15) is 4.79 Å². The van der Waals surface area contributed by atoms with Gasteiger partial charge in [-0.05, 0) is 18.2 Å². The molecule has 1 aromatic carbocycles. The summed E-state index contributed by atoms with van der Waals surface area (Å²) in [7, 11) is 3.35. The van der Waals surface area contributed by atoms with Crippen molar-refractivity contribution in [3.05, 3.63) is 36.7 Å². The molecule has 4 N–H and O–H groups in total. The topological polar surface area (TPSA) is 94.2 Å². The van der Waals surface area contributed by atoms with Gasteiger partial charge < -0.3 is 21.1 Å². The largest absolute Gasteiger partial charge is 0.383 e. The fourth-order valence-corrected chi connectivity index (χ4v) is 1.82. The van der Waals surface area contributed by atoms with Crippen LogP contribution >= 0.6 is 0 Å². The third-order valence-electron chi connectivity index (χ3n) is 2.81. The molecule has 0 aliphatic carbocycles. The van der Waals surface area contributed by atoms with Crippen LogP contribution in [-0.4, -0.2) is 35.4 Å². The average molecular weight is 289 g/mol. The van der Waals surface area contributed by atoms with Crippen molar-refractivity contribution in [2.45, 2.75) is 6.04 Å². The Morgan fingerprint density at radius 3 is 2.86 bits per heavy atom. The van der Waals surface area contributed by atoms with Gasteiger partial charge in [-0.25, -0.2) is 0 Å². The molecule has 7 nitrogen and oxygen atoms in total. The zero-order valence-corrected chi connectivity index (χ0v) is 12.0. The molecule has 1 aromatic heterocycles. The van der Waals surface area contributed by atoms with E-state index in [4.69, 9.17) is 10.5 Å². The lowest BCUT2D eigenvalue weighted by molar-refractivity contribution is -0.118. The molecule has 0 bridgehead atoms. The van der Waals surface area contributed by atoms with Gasteiger partial charge in [-0.1, -0.05) is 6.07 Å². The van der Waals surface area contributed by atoms with E-state index in [1.807, 2.05) is 31.4 Å². The lowest BCUT2D eigenvalue weighted by Gasteiger charge is -2.12. The minimum Gasteiger partial charge on any atom is -0.383 e. The van der Waals surface area contributed by atoms with Gasteiger partial charge in [0.2, 0.25) is 5.91 Å². The number of amides is 1. The molecule has 2 aromatic rings. The Balaban J connectivity index is 2.02. The standard InChI is InChI=1S/C14H19N5O2/c1-19-8-12(7-16-19)17-10-4-3-5-11(6-10)18-14(20)13(15)9-21-2/h3-8,13,17H,9,15H2,1-2H3,(H,18,20). The smallest absolute Gasteiger partial charge is 0.243 e. The minimum atomic E-state index is -0.690. The third kappa shape index (κ3) is 4.30. The number of hydrogen-bond donors (Lipinski definition) is 3. The molecule has 0 aliphatic heterocycles. The van der Waals surface area contributed by atoms with Crippen LogP contribution in [0.25, 0.3) is 0 Å². The number of nitrogens with two attached hydrogens (primary N) is 1. The van der Waals surface area contributed by atoms with Crippen LogP contribution in [0.3, 0.4) is 0 Å². The van der Waals surface area contributed by atoms with Gasteiger partial charge in [-0.15, -0.1) is 0 Å². The van der Waals surface area contributed by atoms with Crippen molar-refractivity contribution in [1.29, 1.82) is 0 Å². The molecule has 1 amide bonds. The highest BCUT2D eigenvalue weighted by Gasteiger charge is 2.13. The lowest BCUT2D eigenvalue weighted by Crippen LogP contribution is -2.39. The van der Waals surface area contributed by atoms with Crippen molar-refractivity contribution < 1.29 is 9.53 Å². The molecule has 2 rings (SSSR count). The quantitative estimate of drug-likeness (QED) is 0.739. The van der Waals surface area contributed by atoms with Crippen molar-refractivity contribution in [2.75, 3.05) is 24.4 Å². The van der Waals surface area contributed by atoms with Gasteiger partial charge >= 0.3 is 0 Å². The number of methoxy groups -OCH3 is 1. The van der Waals surface area contributed by atoms with Crippen LogP contribution in [0.5, 0.6) is 0 Å². The molecular weight excluding hydrogens is 270 g/mol. The fraction of sp³-hybridized carbons (Fsp3) is 0.286. The highest BCUT2D eigenvalue weighted by molar-refractivity contribution is 5.95. The van der Waals surface area contributed by atoms with Crippen LogP contribution in [0, 0.1) is 0 Å². The second kappa shape index (κ2) is 6.87. The summed E-state index contributed by atoms with van der Waals surface area (Å²) in [5.41, 5.74) is 8.06. The molecule has 0 spiro atoms. The van der Waals surface area contributed by atoms with Gasteiger partial charge in [0.25, 0.3) is 0 Å². The van der Waals surface area contributed by atoms with Gasteiger partial charge in [0.15, 0.2) is 0 Å². The van der Waals surface area contributed by atoms with E-state index in [0.29, 0.717) is 5.69 Å². The van der Waals surface area contributed by atoms with Crippen molar-refractivity contribution in [3.8, 4) is 0 Å². The van der Waals surface area contributed by atoms with Gasteiger partial charge in [-0.3, -0.25) is 9.48 Å². The number of ether oxygens (including phenoxy) is 1. The molecule has 1 heterocycles. The molecule has 21 heavy (non-hydrogen) atoms. The first-order valence-corrected chi connectivity index (χ1v) is 6.49. The van der Waals surface area contributed by atoms with Crippen molar-refractivity contribution in [3.63, 3.8) is 0 Å². The predicted octanol–water partition coefficient (Wildman–Crippen LogP) is 1.08. The molecule has 0 aliphatic rings. The molecule has 1 unspecified atom stereocenters. The zero-order valence-electron chi connectivity index (χ0n) is 12.0. The van der Waals surface area contributed by atoms with Crippen LogP contribution < -0.4 is 16.4 Å². The predicted molar refractivity (Wildman–Crippen MR) is 81.4 cm³/mol. The number of nitrogens with one attached hydrogen (secondary N) is 2. The zero-order chi connectivity index (χ0) is 15.2. The Morgan fingerprint density at radius 2 is 2.19 bits per heavy atom. The van der Waals surface area contributed by atoms with Crippen molar-refractivity contribution in [1.82, 2.24) is 9.78 Å². The van der Waals surface area contributed by atoms with E-state index in [1.54, 1.807) is 16.9 Å². The van der Waals surface area contributed by atoms with Crippen LogP contribution in [0.2, 0.25) is 0 Å². The normalized spacial score (nSPS) is 12.0. The summed E-state index contributed by atoms with van der Waals surface area (Å²) in [6.07, 6.45) is 3.58. The van der Waals surface area contributed by atoms with Crippen molar-refractivity contribution >= 4 is 23.0 Å². The van der Waals surface area contributed by atoms with Crippen LogP contribution in [0.15, 0.2) is 36.7 Å². The number of aromatic nitrogens is 2. The molecule has 1 atom stereocenters. The Kier molecular flexibility index (Phi) is 4.91. The summed E-state index contributed by atoms with van der Waals surface area (Å²) in [5, 5.41) is 10.0. The molecule has 7 heteroatoms. The van der Waals surface area contributed by atoms with E-state index in [0.717, 1.165) is 11.4 Å². The Labute approximate surface area is 123 Å². The minimum absolute atomic E-state index is 0.180. The molecule has 0 saturated carbocycles. The third-order valence-corrected chi connectivity index (χ3v) is 2.81. The number of aryl methyl sites for hydroxylation is 1. The lowest BCUT2D eigenvalue weighted by atomic mass is 10.2. The summed E-state index contributed by atoms with van der Waals surface area (Å²) < 4.78 is 6.57. The van der Waals surface area contributed by atoms with E-state index in [2.05, 4.69) is 15.7 Å². The summed E-state index contributed by atoms with van der Waals surface area (Å²) in [4.78, 5) is 11.8. The van der Waals surface area contributed by atoms with Gasteiger partial charge in [0, 0.05) is 31.7 Å². The maximum Gasteiger partial charge on any atom is 0.243 e. The Hall–Kier alpha value is -2.38. The molecular formula is C14H19N5O2. The summed E-state index contributed by atoms with van der Waals surface area (Å²) in [5.74, 6) is -0.282. The summed E-state index contributed by atoms with van der Waals surface area (Å²) >= 11 is 0. The SMILES string of the molecule is COCC(N)C(=O)Nc1cccc(Nc2cnn(C)c2)c1. The summed E-state index contributed by atoms with van der Waals surface area (Å²) in [6.45, 7) is 0.180. The number of carbonyl (C=O) groups excluding carboxylic acids is 1. The highest BCUT2D eigenvalue weighted by atomic mass is 16.5. The van der Waals surface area contributed by atoms with Crippen molar-refractivity contribution in [2.24, 2.45) is 12.8 Å². The van der Waals surface area contributed by atoms with E-state index in [1.165, 1.54) is 7.11 Å². The van der Waals surface area contributed by atoms with E-state index in [-0.39, 0.29) is 12.5 Å². The van der Waals surface area contributed by atoms with Crippen LogP contribution in [-0.2, 0) is 16.6 Å². The average Bonchev–Trinajstić information content (AvgIpc) is 2.84. The number of nitrogens with zero attached hydrogens (tertiary/aromatic N) is 2. The van der Waals surface area contributed by atoms with E-state index < -0.39 is 6.04 Å². The second-order valence-corrected chi connectivity index (χ2v) is 4.66. The summed E-state index contributed by atoms with van der Waals surface area (Å²) in [6, 6.07) is 6.68. The molecule has 0 fully saturated rings. The van der Waals surface area contributed by atoms with Crippen LogP contribution in [0.4, 0.5) is 17.1 Å². The molecule has 112 valence electrons. The molecule has 0 saturated heterocycles. The number of rotatable bonds is 6. The first-order valence-electron chi connectivity index (χ1n) is 6.49. The molecule has 0 radical (unpaired) electrons. The monoisotopic (exact) mass is 289 g/mol. The maximum absolute atomic E-state index is 11.8. The van der Waals surface area contributed by atoms with Gasteiger partial charge in [-0.2, -0.15) is 5.10 Å². The fourth-order valence-electron chi connectivity index (χ4n) is 1.82. The Bertz CT molecular complexity index is 611. The number of hydrogen-bond acceptors (Lipinski definition) is 5.